The molecule has 5 heteroatoms. The van der Waals surface area contributed by atoms with Gasteiger partial charge in [0.2, 0.25) is 0 Å². The number of guanidine groups is 1. The van der Waals surface area contributed by atoms with Gasteiger partial charge in [0.25, 0.3) is 0 Å². The Hall–Kier alpha value is -1.36. The van der Waals surface area contributed by atoms with Crippen LogP contribution in [0.4, 0.5) is 0 Å². The molecule has 0 radical (unpaired) electrons. The van der Waals surface area contributed by atoms with Crippen LogP contribution in [0.15, 0.2) is 16.3 Å². The summed E-state index contributed by atoms with van der Waals surface area (Å²) in [5.74, 6) is 0.232. The van der Waals surface area contributed by atoms with E-state index in [9.17, 15) is 9.90 Å². The van der Waals surface area contributed by atoms with E-state index in [-0.39, 0.29) is 6.04 Å². The van der Waals surface area contributed by atoms with Crippen LogP contribution < -0.4 is 10.2 Å². The molecule has 0 saturated carbocycles. The Morgan fingerprint density at radius 3 is 2.83 bits per heavy atom. The van der Waals surface area contributed by atoms with Gasteiger partial charge in [-0.15, -0.1) is 0 Å². The molecule has 0 aromatic rings. The Morgan fingerprint density at radius 2 is 2.09 bits per heavy atom. The fourth-order valence-corrected chi connectivity index (χ4v) is 4.59. The molecule has 3 rings (SSSR count). The van der Waals surface area contributed by atoms with Crippen molar-refractivity contribution < 1.29 is 14.8 Å². The predicted molar refractivity (Wildman–Crippen MR) is 90.5 cm³/mol. The minimum Gasteiger partial charge on any atom is -0.478 e. The van der Waals surface area contributed by atoms with Crippen molar-refractivity contribution in [2.75, 3.05) is 0 Å². The zero-order chi connectivity index (χ0) is 16.4. The summed E-state index contributed by atoms with van der Waals surface area (Å²) in [5.41, 5.74) is 1.36. The van der Waals surface area contributed by atoms with Crippen molar-refractivity contribution >= 4 is 11.9 Å². The second-order valence-electron chi connectivity index (χ2n) is 7.32. The predicted octanol–water partition coefficient (Wildman–Crippen LogP) is 1.85. The summed E-state index contributed by atoms with van der Waals surface area (Å²) in [7, 11) is 0. The number of carbonyl (C=O) groups is 1. The lowest BCUT2D eigenvalue weighted by Gasteiger charge is -2.37. The van der Waals surface area contributed by atoms with Crippen LogP contribution in [0.25, 0.3) is 0 Å². The van der Waals surface area contributed by atoms with Gasteiger partial charge < -0.3 is 5.11 Å². The van der Waals surface area contributed by atoms with E-state index < -0.39 is 5.97 Å². The van der Waals surface area contributed by atoms with Crippen LogP contribution in [0, 0.1) is 0 Å². The normalized spacial score (nSPS) is 32.3. The summed E-state index contributed by atoms with van der Waals surface area (Å²) >= 11 is 0. The van der Waals surface area contributed by atoms with Crippen molar-refractivity contribution in [1.29, 1.82) is 0 Å². The van der Waals surface area contributed by atoms with Crippen LogP contribution >= 0.6 is 0 Å². The van der Waals surface area contributed by atoms with E-state index in [4.69, 9.17) is 4.99 Å². The number of hydrogen-bond donors (Lipinski definition) is 3. The molecule has 0 aromatic carbocycles. The Balaban J connectivity index is 1.67. The van der Waals surface area contributed by atoms with Crippen molar-refractivity contribution in [2.24, 2.45) is 4.99 Å². The second kappa shape index (κ2) is 7.04. The maximum atomic E-state index is 11.6. The standard InChI is InChI=1S/C18H29N3O2/c1-3-4-5-6-7-8-13-11-14-9-10-15-16(17(22)23)12(2)19-18(20-13)21(14)15/h13-15H,3-11H2,1-2H3,(H,19,20)(H,22,23)/p+1. The third-order valence-corrected chi connectivity index (χ3v) is 5.69. The van der Waals surface area contributed by atoms with Crippen molar-refractivity contribution in [3.8, 4) is 0 Å². The lowest BCUT2D eigenvalue weighted by Crippen LogP contribution is -3.22. The SMILES string of the molecule is CCCCCCCC1CC2CCC3C(C(=O)O)=C(C)NC(=N1)[NH+]23. The van der Waals surface area contributed by atoms with E-state index in [1.54, 1.807) is 0 Å². The molecule has 0 spiro atoms. The minimum atomic E-state index is -0.773. The molecule has 0 aliphatic carbocycles. The first kappa shape index (κ1) is 16.5. The van der Waals surface area contributed by atoms with Gasteiger partial charge in [-0.05, 0) is 13.3 Å². The van der Waals surface area contributed by atoms with Gasteiger partial charge in [-0.3, -0.25) is 10.2 Å². The van der Waals surface area contributed by atoms with E-state index in [0.717, 1.165) is 30.9 Å². The van der Waals surface area contributed by atoms with Gasteiger partial charge in [0.15, 0.2) is 0 Å². The number of aliphatic imine (C=N–C) groups is 1. The first-order chi connectivity index (χ1) is 11.1. The van der Waals surface area contributed by atoms with Crippen molar-refractivity contribution in [3.63, 3.8) is 0 Å². The van der Waals surface area contributed by atoms with Gasteiger partial charge in [0, 0.05) is 25.0 Å². The number of quaternary nitrogens is 1. The Morgan fingerprint density at radius 1 is 1.30 bits per heavy atom. The number of nitrogens with zero attached hydrogens (tertiary/aromatic N) is 1. The maximum Gasteiger partial charge on any atom is 0.339 e. The lowest BCUT2D eigenvalue weighted by atomic mass is 9.98. The molecule has 0 aromatic heterocycles. The molecule has 3 aliphatic rings. The molecule has 3 N–H and O–H groups in total. The van der Waals surface area contributed by atoms with Crippen molar-refractivity contribution in [1.82, 2.24) is 5.32 Å². The average Bonchev–Trinajstić information content (AvgIpc) is 2.91. The molecule has 3 aliphatic heterocycles. The highest BCUT2D eigenvalue weighted by Crippen LogP contribution is 2.26. The number of nitrogens with one attached hydrogen (secondary N) is 2. The number of allylic oxidation sites excluding steroid dienone is 1. The number of aliphatic carboxylic acids is 1. The van der Waals surface area contributed by atoms with Crippen molar-refractivity contribution in [2.45, 2.75) is 89.8 Å². The minimum absolute atomic E-state index is 0.100. The summed E-state index contributed by atoms with van der Waals surface area (Å²) in [4.78, 5) is 17.8. The fourth-order valence-electron chi connectivity index (χ4n) is 4.59. The van der Waals surface area contributed by atoms with Crippen LogP contribution in [-0.4, -0.2) is 35.2 Å². The summed E-state index contributed by atoms with van der Waals surface area (Å²) in [6.45, 7) is 4.13. The topological polar surface area (TPSA) is 66.1 Å². The lowest BCUT2D eigenvalue weighted by molar-refractivity contribution is -0.846. The van der Waals surface area contributed by atoms with Crippen LogP contribution in [0.1, 0.15) is 71.6 Å². The molecule has 4 unspecified atom stereocenters. The highest BCUT2D eigenvalue weighted by atomic mass is 16.4. The molecule has 4 atom stereocenters. The van der Waals surface area contributed by atoms with Gasteiger partial charge in [0.05, 0.1) is 12.1 Å². The molecular formula is C18H30N3O2+. The highest BCUT2D eigenvalue weighted by Gasteiger charge is 2.51. The largest absolute Gasteiger partial charge is 0.478 e. The molecular weight excluding hydrogens is 290 g/mol. The first-order valence-electron chi connectivity index (χ1n) is 9.27. The van der Waals surface area contributed by atoms with Gasteiger partial charge in [-0.1, -0.05) is 39.0 Å². The monoisotopic (exact) mass is 320 g/mol. The summed E-state index contributed by atoms with van der Waals surface area (Å²) in [6.07, 6.45) is 10.9. The van der Waals surface area contributed by atoms with E-state index in [2.05, 4.69) is 12.2 Å². The molecule has 23 heavy (non-hydrogen) atoms. The van der Waals surface area contributed by atoms with E-state index >= 15 is 0 Å². The van der Waals surface area contributed by atoms with Gasteiger partial charge in [-0.2, -0.15) is 0 Å². The molecule has 0 amide bonds. The van der Waals surface area contributed by atoms with Crippen LogP contribution in [0.3, 0.4) is 0 Å². The molecule has 1 saturated heterocycles. The van der Waals surface area contributed by atoms with E-state index in [1.165, 1.54) is 43.4 Å². The number of hydrogen-bond acceptors (Lipinski definition) is 3. The van der Waals surface area contributed by atoms with Gasteiger partial charge in [0.1, 0.15) is 11.6 Å². The molecule has 128 valence electrons. The molecule has 5 nitrogen and oxygen atoms in total. The zero-order valence-corrected chi connectivity index (χ0v) is 14.4. The Kier molecular flexibility index (Phi) is 5.05. The number of rotatable bonds is 7. The van der Waals surface area contributed by atoms with Crippen LogP contribution in [0.2, 0.25) is 0 Å². The third kappa shape index (κ3) is 3.30. The molecule has 3 heterocycles. The fraction of sp³-hybridized carbons (Fsp3) is 0.778. The zero-order valence-electron chi connectivity index (χ0n) is 14.4. The third-order valence-electron chi connectivity index (χ3n) is 5.69. The van der Waals surface area contributed by atoms with Crippen LogP contribution in [-0.2, 0) is 4.79 Å². The van der Waals surface area contributed by atoms with Crippen molar-refractivity contribution in [3.05, 3.63) is 11.3 Å². The van der Waals surface area contributed by atoms with Crippen LogP contribution in [0.5, 0.6) is 0 Å². The van der Waals surface area contributed by atoms with E-state index in [0.29, 0.717) is 17.7 Å². The Labute approximate surface area is 138 Å². The summed E-state index contributed by atoms with van der Waals surface area (Å²) < 4.78 is 0. The van der Waals surface area contributed by atoms with E-state index in [1.807, 2.05) is 6.92 Å². The number of carboxylic acid groups (broad SMARTS) is 1. The smallest absolute Gasteiger partial charge is 0.339 e. The van der Waals surface area contributed by atoms with Gasteiger partial charge in [-0.25, -0.2) is 9.79 Å². The summed E-state index contributed by atoms with van der Waals surface area (Å²) in [6, 6.07) is 1.07. The van der Waals surface area contributed by atoms with Gasteiger partial charge >= 0.3 is 11.9 Å². The second-order valence-corrected chi connectivity index (χ2v) is 7.32. The highest BCUT2D eigenvalue weighted by molar-refractivity contribution is 5.91. The number of carboxylic acids is 1. The first-order valence-corrected chi connectivity index (χ1v) is 9.27. The Bertz CT molecular complexity index is 526. The number of unbranched alkanes of at least 4 members (excludes halogenated alkanes) is 4. The molecule has 0 bridgehead atoms. The quantitative estimate of drug-likeness (QED) is 0.627. The molecule has 1 fully saturated rings. The average molecular weight is 320 g/mol. The maximum absolute atomic E-state index is 11.6. The summed E-state index contributed by atoms with van der Waals surface area (Å²) in [5, 5.41) is 12.8.